The monoisotopic (exact) mass is 533 g/mol. The molecule has 5 rings (SSSR count). The maximum atomic E-state index is 14.5. The molecule has 0 radical (unpaired) electrons. The molecule has 4 aromatic rings. The van der Waals surface area contributed by atoms with Gasteiger partial charge in [-0.3, -0.25) is 9.78 Å². The number of nitrogens with zero attached hydrogens (tertiary/aromatic N) is 3. The van der Waals surface area contributed by atoms with E-state index in [1.807, 2.05) is 18.2 Å². The maximum absolute atomic E-state index is 14.5. The molecule has 1 aromatic carbocycles. The molecule has 0 bridgehead atoms. The molecule has 1 saturated carbocycles. The fourth-order valence-electron chi connectivity index (χ4n) is 5.10. The number of nitrogens with two attached hydrogens (primary N) is 1. The van der Waals surface area contributed by atoms with Gasteiger partial charge in [-0.25, -0.2) is 23.1 Å². The number of benzene rings is 1. The summed E-state index contributed by atoms with van der Waals surface area (Å²) in [4.78, 5) is 25.5. The minimum Gasteiger partial charge on any atom is -0.472 e. The third-order valence-electron chi connectivity index (χ3n) is 6.91. The van der Waals surface area contributed by atoms with Crippen molar-refractivity contribution in [3.63, 3.8) is 0 Å². The summed E-state index contributed by atoms with van der Waals surface area (Å²) in [5.41, 5.74) is 6.38. The lowest BCUT2D eigenvalue weighted by molar-refractivity contribution is 0.0696. The second-order valence-corrected chi connectivity index (χ2v) is 9.60. The largest absolute Gasteiger partial charge is 0.472 e. The van der Waals surface area contributed by atoms with Crippen molar-refractivity contribution in [1.29, 1.82) is 0 Å². The van der Waals surface area contributed by atoms with Crippen molar-refractivity contribution in [2.24, 2.45) is 11.7 Å². The third-order valence-corrected chi connectivity index (χ3v) is 6.91. The van der Waals surface area contributed by atoms with Gasteiger partial charge >= 0.3 is 0 Å². The van der Waals surface area contributed by atoms with Crippen LogP contribution in [0.3, 0.4) is 0 Å². The summed E-state index contributed by atoms with van der Waals surface area (Å²) in [5.74, 6) is -2.99. The molecule has 1 aliphatic carbocycles. The van der Waals surface area contributed by atoms with Gasteiger partial charge in [0.1, 0.15) is 34.9 Å². The van der Waals surface area contributed by atoms with Crippen LogP contribution in [-0.2, 0) is 0 Å². The van der Waals surface area contributed by atoms with Crippen LogP contribution in [0.15, 0.2) is 73.2 Å². The van der Waals surface area contributed by atoms with E-state index in [-0.39, 0.29) is 29.7 Å². The summed E-state index contributed by atoms with van der Waals surface area (Å²) in [7, 11) is 0. The average Bonchev–Trinajstić information content (AvgIpc) is 2.92. The van der Waals surface area contributed by atoms with Gasteiger partial charge in [0.2, 0.25) is 5.88 Å². The maximum Gasteiger partial charge on any atom is 0.274 e. The molecular formula is C29H26F3N5O2. The molecule has 39 heavy (non-hydrogen) atoms. The smallest absolute Gasteiger partial charge is 0.274 e. The number of aromatic nitrogens is 3. The van der Waals surface area contributed by atoms with Gasteiger partial charge in [0.05, 0.1) is 17.4 Å². The summed E-state index contributed by atoms with van der Waals surface area (Å²) in [6.07, 6.45) is 5.92. The standard InChI is InChI=1S/C29H26F3N5O2/c1-16-13-17(14-22(33)28(16)39-25-7-2-3-11-35-25)18-10-12-34-15-24(18)37-29(38)23-9-8-21(32)27(36-23)26-19(30)5-4-6-20(26)31/h2-12,15-17,22,28H,13-14,33H2,1H3,(H,37,38)/t16-,17+,22+,28-/m0/s1. The van der Waals surface area contributed by atoms with Crippen LogP contribution in [0, 0.1) is 23.4 Å². The van der Waals surface area contributed by atoms with E-state index in [4.69, 9.17) is 10.5 Å². The second kappa shape index (κ2) is 11.2. The van der Waals surface area contributed by atoms with Gasteiger partial charge in [-0.2, -0.15) is 0 Å². The molecule has 0 saturated heterocycles. The number of rotatable bonds is 6. The number of nitrogens with one attached hydrogen (secondary N) is 1. The average molecular weight is 534 g/mol. The number of halogens is 3. The minimum absolute atomic E-state index is 0.00105. The fraction of sp³-hybridized carbons (Fsp3) is 0.241. The van der Waals surface area contributed by atoms with E-state index in [0.29, 0.717) is 18.0 Å². The van der Waals surface area contributed by atoms with Gasteiger partial charge in [-0.05, 0) is 66.6 Å². The molecule has 3 N–H and O–H groups in total. The lowest BCUT2D eigenvalue weighted by Crippen LogP contribution is -2.48. The Morgan fingerprint density at radius 2 is 1.77 bits per heavy atom. The highest BCUT2D eigenvalue weighted by molar-refractivity contribution is 6.03. The molecule has 200 valence electrons. The highest BCUT2D eigenvalue weighted by Crippen LogP contribution is 2.40. The van der Waals surface area contributed by atoms with E-state index in [1.165, 1.54) is 6.20 Å². The molecule has 3 aromatic heterocycles. The van der Waals surface area contributed by atoms with Crippen molar-refractivity contribution >= 4 is 11.6 Å². The van der Waals surface area contributed by atoms with Crippen molar-refractivity contribution in [2.45, 2.75) is 37.8 Å². The highest BCUT2D eigenvalue weighted by atomic mass is 19.1. The first-order chi connectivity index (χ1) is 18.8. The Morgan fingerprint density at radius 3 is 2.49 bits per heavy atom. The molecule has 7 nitrogen and oxygen atoms in total. The van der Waals surface area contributed by atoms with Crippen LogP contribution in [-0.4, -0.2) is 33.0 Å². The van der Waals surface area contributed by atoms with E-state index < -0.39 is 34.6 Å². The molecule has 3 heterocycles. The van der Waals surface area contributed by atoms with E-state index >= 15 is 0 Å². The summed E-state index contributed by atoms with van der Waals surface area (Å²) in [6.45, 7) is 2.06. The normalized spacial score (nSPS) is 20.8. The van der Waals surface area contributed by atoms with Crippen LogP contribution < -0.4 is 15.8 Å². The number of carbonyl (C=O) groups excluding carboxylic acids is 1. The highest BCUT2D eigenvalue weighted by Gasteiger charge is 2.37. The van der Waals surface area contributed by atoms with Crippen LogP contribution in [0.25, 0.3) is 11.3 Å². The second-order valence-electron chi connectivity index (χ2n) is 9.60. The lowest BCUT2D eigenvalue weighted by Gasteiger charge is -2.39. The summed E-state index contributed by atoms with van der Waals surface area (Å²) in [6, 6.07) is 12.3. The number of ether oxygens (including phenoxy) is 1. The molecule has 0 aliphatic heterocycles. The van der Waals surface area contributed by atoms with Gasteiger partial charge in [0.25, 0.3) is 5.91 Å². The van der Waals surface area contributed by atoms with Crippen LogP contribution in [0.1, 0.15) is 41.7 Å². The van der Waals surface area contributed by atoms with Gasteiger partial charge < -0.3 is 15.8 Å². The number of amides is 1. The van der Waals surface area contributed by atoms with Gasteiger partial charge in [-0.15, -0.1) is 0 Å². The fourth-order valence-corrected chi connectivity index (χ4v) is 5.10. The molecule has 0 spiro atoms. The van der Waals surface area contributed by atoms with Crippen LogP contribution in [0.2, 0.25) is 0 Å². The zero-order chi connectivity index (χ0) is 27.5. The summed E-state index contributed by atoms with van der Waals surface area (Å²) in [5, 5.41) is 2.78. The number of anilines is 1. The molecular weight excluding hydrogens is 507 g/mol. The van der Waals surface area contributed by atoms with Crippen molar-refractivity contribution in [3.8, 4) is 17.1 Å². The van der Waals surface area contributed by atoms with E-state index in [0.717, 1.165) is 42.3 Å². The third kappa shape index (κ3) is 5.61. The lowest BCUT2D eigenvalue weighted by atomic mass is 9.74. The Kier molecular flexibility index (Phi) is 7.56. The Hall–Kier alpha value is -4.31. The molecule has 1 aliphatic rings. The first-order valence-corrected chi connectivity index (χ1v) is 12.5. The number of hydrogen-bond acceptors (Lipinski definition) is 6. The molecule has 1 fully saturated rings. The Morgan fingerprint density at radius 1 is 0.974 bits per heavy atom. The van der Waals surface area contributed by atoms with Crippen molar-refractivity contribution < 1.29 is 22.7 Å². The predicted molar refractivity (Wildman–Crippen MR) is 140 cm³/mol. The molecule has 0 unspecified atom stereocenters. The molecule has 4 atom stereocenters. The van der Waals surface area contributed by atoms with Crippen LogP contribution >= 0.6 is 0 Å². The zero-order valence-corrected chi connectivity index (χ0v) is 21.0. The molecule has 10 heteroatoms. The number of pyridine rings is 3. The van der Waals surface area contributed by atoms with E-state index in [1.54, 1.807) is 18.5 Å². The van der Waals surface area contributed by atoms with Gasteiger partial charge in [0, 0.05) is 24.5 Å². The Balaban J connectivity index is 1.36. The van der Waals surface area contributed by atoms with E-state index in [2.05, 4.69) is 27.2 Å². The quantitative estimate of drug-likeness (QED) is 0.340. The predicted octanol–water partition coefficient (Wildman–Crippen LogP) is 5.50. The van der Waals surface area contributed by atoms with Crippen molar-refractivity contribution in [1.82, 2.24) is 15.0 Å². The van der Waals surface area contributed by atoms with Crippen LogP contribution in [0.5, 0.6) is 5.88 Å². The van der Waals surface area contributed by atoms with Crippen LogP contribution in [0.4, 0.5) is 18.9 Å². The van der Waals surface area contributed by atoms with Gasteiger partial charge in [-0.1, -0.05) is 19.1 Å². The topological polar surface area (TPSA) is 103 Å². The first-order valence-electron chi connectivity index (χ1n) is 12.5. The SMILES string of the molecule is C[C@H]1C[C@@H](c2ccncc2NC(=O)c2ccc(F)c(-c3c(F)cccc3F)n2)C[C@@H](N)[C@H]1Oc1ccccn1. The van der Waals surface area contributed by atoms with Gasteiger partial charge in [0.15, 0.2) is 0 Å². The Bertz CT molecular complexity index is 1450. The Labute approximate surface area is 223 Å². The minimum atomic E-state index is -0.985. The molecule has 1 amide bonds. The summed E-state index contributed by atoms with van der Waals surface area (Å²) < 4.78 is 49.2. The number of hydrogen-bond donors (Lipinski definition) is 2. The van der Waals surface area contributed by atoms with E-state index in [9.17, 15) is 18.0 Å². The number of carbonyl (C=O) groups is 1. The zero-order valence-electron chi connectivity index (χ0n) is 21.0. The van der Waals surface area contributed by atoms with Crippen molar-refractivity contribution in [3.05, 3.63) is 102 Å². The van der Waals surface area contributed by atoms with Crippen molar-refractivity contribution in [2.75, 3.05) is 5.32 Å². The summed E-state index contributed by atoms with van der Waals surface area (Å²) >= 11 is 0. The first kappa shape index (κ1) is 26.3.